The van der Waals surface area contributed by atoms with E-state index in [0.717, 1.165) is 57.8 Å². The molecular weight excluding hydrogens is 524 g/mol. The zero-order valence-corrected chi connectivity index (χ0v) is 27.2. The fourth-order valence-electron chi connectivity index (χ4n) is 4.95. The molecule has 0 aliphatic rings. The van der Waals surface area contributed by atoms with Gasteiger partial charge in [0.25, 0.3) is 0 Å². The number of hydrogen-bond acceptors (Lipinski definition) is 5. The number of ether oxygens (including phenoxy) is 2. The van der Waals surface area contributed by atoms with E-state index in [1.807, 2.05) is 0 Å². The van der Waals surface area contributed by atoms with E-state index in [2.05, 4.69) is 6.92 Å². The molecule has 0 rings (SSSR count). The van der Waals surface area contributed by atoms with Crippen LogP contribution in [0.4, 0.5) is 0 Å². The maximum atomic E-state index is 12.6. The third-order valence-electron chi connectivity index (χ3n) is 7.62. The summed E-state index contributed by atoms with van der Waals surface area (Å²) in [6, 6.07) is 0. The van der Waals surface area contributed by atoms with Gasteiger partial charge in [0, 0.05) is 25.1 Å². The molecule has 0 saturated heterocycles. The average molecular weight is 606 g/mol. The summed E-state index contributed by atoms with van der Waals surface area (Å²) in [5, 5.41) is 9.62. The maximum absolute atomic E-state index is 12.6. The van der Waals surface area contributed by atoms with Crippen LogP contribution in [0.3, 0.4) is 0 Å². The van der Waals surface area contributed by atoms with Crippen molar-refractivity contribution < 1.29 is 36.5 Å². The standard InChI is InChI=1S/C37H72O5/c1-3-5-7-9-11-13-15-17-18-20-22-24-26-28-30-32-37(40)42-35(33-38)34-41-36(39)31-29-27-25-23-21-19-16-14-12-10-8-6-4-2/h35,38H,3-34H2,1-2H3/t35-/m0/s1/i2D3,27D2,29D2,31D2. The number of carbonyl (C=O) groups excluding carboxylic acids is 2. The Morgan fingerprint density at radius 3 is 1.48 bits per heavy atom. The Morgan fingerprint density at radius 2 is 1.02 bits per heavy atom. The summed E-state index contributed by atoms with van der Waals surface area (Å²) < 4.78 is 80.9. The summed E-state index contributed by atoms with van der Waals surface area (Å²) in [6.07, 6.45) is 14.9. The monoisotopic (exact) mass is 606 g/mol. The van der Waals surface area contributed by atoms with E-state index in [-0.39, 0.29) is 19.3 Å². The van der Waals surface area contributed by atoms with Crippen LogP contribution in [0, 0.1) is 0 Å². The lowest BCUT2D eigenvalue weighted by Gasteiger charge is -2.15. The van der Waals surface area contributed by atoms with Crippen LogP contribution >= 0.6 is 0 Å². The van der Waals surface area contributed by atoms with Crippen LogP contribution in [0.25, 0.3) is 0 Å². The summed E-state index contributed by atoms with van der Waals surface area (Å²) in [7, 11) is 0. The summed E-state index contributed by atoms with van der Waals surface area (Å²) in [4.78, 5) is 24.9. The van der Waals surface area contributed by atoms with E-state index >= 15 is 0 Å². The second-order valence-electron chi connectivity index (χ2n) is 11.7. The molecule has 0 aromatic heterocycles. The molecule has 5 heteroatoms. The molecule has 0 saturated carbocycles. The van der Waals surface area contributed by atoms with Crippen molar-refractivity contribution in [1.29, 1.82) is 0 Å². The highest BCUT2D eigenvalue weighted by Gasteiger charge is 2.16. The van der Waals surface area contributed by atoms with Gasteiger partial charge in [-0.2, -0.15) is 0 Å². The molecule has 0 bridgehead atoms. The van der Waals surface area contributed by atoms with Crippen LogP contribution in [0.1, 0.15) is 219 Å². The van der Waals surface area contributed by atoms with Crippen LogP contribution in [0.15, 0.2) is 0 Å². The lowest BCUT2D eigenvalue weighted by atomic mass is 10.0. The quantitative estimate of drug-likeness (QED) is 0.0583. The van der Waals surface area contributed by atoms with Crippen LogP contribution in [0.2, 0.25) is 0 Å². The first-order valence-electron chi connectivity index (χ1n) is 22.0. The predicted molar refractivity (Wildman–Crippen MR) is 178 cm³/mol. The minimum atomic E-state index is -3.33. The number of hydrogen-bond donors (Lipinski definition) is 1. The Bertz CT molecular complexity index is 885. The van der Waals surface area contributed by atoms with Gasteiger partial charge < -0.3 is 14.6 Å². The fourth-order valence-corrected chi connectivity index (χ4v) is 4.95. The summed E-state index contributed by atoms with van der Waals surface area (Å²) in [6.45, 7) is -0.968. The fraction of sp³-hybridized carbons (Fsp3) is 0.946. The molecule has 0 aliphatic heterocycles. The normalized spacial score (nSPS) is 16.5. The molecule has 1 atom stereocenters. The average Bonchev–Trinajstić information content (AvgIpc) is 3.06. The van der Waals surface area contributed by atoms with E-state index in [4.69, 9.17) is 21.8 Å². The Balaban J connectivity index is 4.24. The van der Waals surface area contributed by atoms with Gasteiger partial charge in [0.2, 0.25) is 0 Å². The highest BCUT2D eigenvalue weighted by atomic mass is 16.6. The Kier molecular flexibility index (Phi) is 22.3. The lowest BCUT2D eigenvalue weighted by Crippen LogP contribution is -2.28. The first-order valence-corrected chi connectivity index (χ1v) is 17.5. The highest BCUT2D eigenvalue weighted by molar-refractivity contribution is 5.70. The number of rotatable bonds is 34. The van der Waals surface area contributed by atoms with Crippen LogP contribution in [-0.2, 0) is 19.1 Å². The molecule has 0 aromatic rings. The van der Waals surface area contributed by atoms with Crippen LogP contribution < -0.4 is 0 Å². The molecule has 1 N–H and O–H groups in total. The maximum Gasteiger partial charge on any atom is 0.306 e. The Hall–Kier alpha value is -1.10. The van der Waals surface area contributed by atoms with E-state index in [0.29, 0.717) is 25.7 Å². The van der Waals surface area contributed by atoms with E-state index in [1.165, 1.54) is 70.6 Å². The van der Waals surface area contributed by atoms with Gasteiger partial charge in [-0.15, -0.1) is 0 Å². The van der Waals surface area contributed by atoms with Gasteiger partial charge in [-0.05, 0) is 12.8 Å². The number of esters is 2. The van der Waals surface area contributed by atoms with E-state index in [9.17, 15) is 14.7 Å². The van der Waals surface area contributed by atoms with Crippen molar-refractivity contribution in [1.82, 2.24) is 0 Å². The Labute approximate surface area is 274 Å². The lowest BCUT2D eigenvalue weighted by molar-refractivity contribution is -0.161. The van der Waals surface area contributed by atoms with Crippen LogP contribution in [0.5, 0.6) is 0 Å². The Morgan fingerprint density at radius 1 is 0.595 bits per heavy atom. The summed E-state index contributed by atoms with van der Waals surface area (Å²) >= 11 is 0. The van der Waals surface area contributed by atoms with Gasteiger partial charge in [-0.3, -0.25) is 9.59 Å². The second kappa shape index (κ2) is 34.4. The number of aliphatic hydroxyl groups is 1. The number of unbranched alkanes of at least 4 members (excludes halogenated alkanes) is 22. The minimum Gasteiger partial charge on any atom is -0.462 e. The molecule has 250 valence electrons. The van der Waals surface area contributed by atoms with Gasteiger partial charge in [0.05, 0.1) is 6.61 Å². The van der Waals surface area contributed by atoms with Crippen LogP contribution in [-0.4, -0.2) is 36.4 Å². The van der Waals surface area contributed by atoms with Crippen molar-refractivity contribution in [3.63, 3.8) is 0 Å². The van der Waals surface area contributed by atoms with Gasteiger partial charge in [0.1, 0.15) is 6.61 Å². The van der Waals surface area contributed by atoms with Gasteiger partial charge in [-0.1, -0.05) is 181 Å². The van der Waals surface area contributed by atoms with Crippen molar-refractivity contribution in [3.05, 3.63) is 0 Å². The van der Waals surface area contributed by atoms with Crippen molar-refractivity contribution in [2.24, 2.45) is 0 Å². The third kappa shape index (κ3) is 31.8. The molecule has 5 nitrogen and oxygen atoms in total. The zero-order chi connectivity index (χ0) is 38.7. The minimum absolute atomic E-state index is 0.140. The van der Waals surface area contributed by atoms with Gasteiger partial charge in [-0.25, -0.2) is 0 Å². The summed E-state index contributed by atoms with van der Waals surface area (Å²) in [5.41, 5.74) is 0. The predicted octanol–water partition coefficient (Wildman–Crippen LogP) is 11.2. The molecule has 0 aromatic carbocycles. The first kappa shape index (κ1) is 27.2. The first-order chi connectivity index (χ1) is 24.0. The van der Waals surface area contributed by atoms with Crippen molar-refractivity contribution in [2.75, 3.05) is 13.2 Å². The number of carbonyl (C=O) groups is 2. The zero-order valence-electron chi connectivity index (χ0n) is 36.2. The highest BCUT2D eigenvalue weighted by Crippen LogP contribution is 2.15. The van der Waals surface area contributed by atoms with E-state index in [1.54, 1.807) is 0 Å². The topological polar surface area (TPSA) is 72.8 Å². The SMILES string of the molecule is [2H]C([2H])([2H])CCCCCCCCCCCC([2H])([2H])C([2H])([2H])C([2H])([2H])C(=O)OC[C@H](CO)OC(=O)CCCCCCCCCCCCCCCCC. The van der Waals surface area contributed by atoms with Gasteiger partial charge >= 0.3 is 11.9 Å². The molecule has 0 spiro atoms. The molecular formula is C37H72O5. The molecule has 0 aliphatic carbocycles. The molecule has 0 radical (unpaired) electrons. The van der Waals surface area contributed by atoms with Crippen molar-refractivity contribution in [3.8, 4) is 0 Å². The van der Waals surface area contributed by atoms with Gasteiger partial charge in [0.15, 0.2) is 6.10 Å². The van der Waals surface area contributed by atoms with Crippen molar-refractivity contribution in [2.45, 2.75) is 212 Å². The summed E-state index contributed by atoms with van der Waals surface area (Å²) in [5.74, 6) is -2.19. The van der Waals surface area contributed by atoms with E-state index < -0.39 is 57.2 Å². The molecule has 0 amide bonds. The number of aliphatic hydroxyl groups excluding tert-OH is 1. The molecule has 42 heavy (non-hydrogen) atoms. The largest absolute Gasteiger partial charge is 0.462 e. The molecule has 0 unspecified atom stereocenters. The second-order valence-corrected chi connectivity index (χ2v) is 11.7. The third-order valence-corrected chi connectivity index (χ3v) is 7.62. The smallest absolute Gasteiger partial charge is 0.306 e. The molecule has 0 fully saturated rings. The van der Waals surface area contributed by atoms with Crippen molar-refractivity contribution >= 4 is 11.9 Å². The molecule has 0 heterocycles.